The summed E-state index contributed by atoms with van der Waals surface area (Å²) in [6, 6.07) is 9.87. The highest BCUT2D eigenvalue weighted by Crippen LogP contribution is 2.39. The molecule has 0 bridgehead atoms. The van der Waals surface area contributed by atoms with Crippen LogP contribution in [0.1, 0.15) is 11.0 Å². The lowest BCUT2D eigenvalue weighted by atomic mass is 10.1. The first-order chi connectivity index (χ1) is 8.70. The molecule has 2 heterocycles. The molecular weight excluding hydrogens is 252 g/mol. The molecule has 0 saturated carbocycles. The summed E-state index contributed by atoms with van der Waals surface area (Å²) in [7, 11) is 0. The third-order valence-corrected chi connectivity index (χ3v) is 4.44. The number of hydrogen-bond acceptors (Lipinski definition) is 5. The van der Waals surface area contributed by atoms with Crippen molar-refractivity contribution in [2.24, 2.45) is 0 Å². The molecule has 5 heteroatoms. The van der Waals surface area contributed by atoms with Gasteiger partial charge >= 0.3 is 0 Å². The van der Waals surface area contributed by atoms with Gasteiger partial charge in [0.25, 0.3) is 0 Å². The average Bonchev–Trinajstić information content (AvgIpc) is 2.92. The summed E-state index contributed by atoms with van der Waals surface area (Å²) in [5.41, 5.74) is 0. The lowest BCUT2D eigenvalue weighted by Crippen LogP contribution is -2.32. The van der Waals surface area contributed by atoms with Crippen LogP contribution in [0, 0.1) is 0 Å². The van der Waals surface area contributed by atoms with E-state index in [2.05, 4.69) is 0 Å². The Labute approximate surface area is 108 Å². The number of aliphatic hydroxyl groups excluding tert-OH is 3. The number of rotatable bonds is 2. The average molecular weight is 266 g/mol. The van der Waals surface area contributed by atoms with Crippen molar-refractivity contribution in [3.8, 4) is 0 Å². The van der Waals surface area contributed by atoms with Gasteiger partial charge in [0.2, 0.25) is 0 Å². The van der Waals surface area contributed by atoms with E-state index < -0.39 is 24.4 Å². The van der Waals surface area contributed by atoms with E-state index in [9.17, 15) is 10.2 Å². The van der Waals surface area contributed by atoms with Gasteiger partial charge < -0.3 is 20.1 Å². The predicted octanol–water partition coefficient (Wildman–Crippen LogP) is 1.06. The van der Waals surface area contributed by atoms with Crippen LogP contribution in [0.5, 0.6) is 0 Å². The molecule has 3 N–H and O–H groups in total. The van der Waals surface area contributed by atoms with E-state index in [1.165, 1.54) is 11.3 Å². The van der Waals surface area contributed by atoms with Crippen LogP contribution in [-0.2, 0) is 4.74 Å². The highest BCUT2D eigenvalue weighted by atomic mass is 32.1. The number of aliphatic hydroxyl groups is 3. The summed E-state index contributed by atoms with van der Waals surface area (Å²) < 4.78 is 6.63. The predicted molar refractivity (Wildman–Crippen MR) is 68.5 cm³/mol. The van der Waals surface area contributed by atoms with Crippen LogP contribution in [0.2, 0.25) is 0 Å². The van der Waals surface area contributed by atoms with Crippen molar-refractivity contribution < 1.29 is 20.1 Å². The lowest BCUT2D eigenvalue weighted by molar-refractivity contribution is -0.0217. The quantitative estimate of drug-likeness (QED) is 0.760. The first-order valence-corrected chi connectivity index (χ1v) is 6.63. The normalized spacial score (nSPS) is 32.2. The van der Waals surface area contributed by atoms with Crippen molar-refractivity contribution in [3.63, 3.8) is 0 Å². The summed E-state index contributed by atoms with van der Waals surface area (Å²) in [4.78, 5) is 0.874. The first kappa shape index (κ1) is 12.1. The van der Waals surface area contributed by atoms with E-state index in [1.807, 2.05) is 30.3 Å². The highest BCUT2D eigenvalue weighted by molar-refractivity contribution is 7.19. The standard InChI is InChI=1S/C13H14O4S/c14-6-8-11(15)12(16)13(17-8)10-5-7-3-1-2-4-9(7)18-10/h1-5,8,11-16H,6H2/t8-,11-,12-,13?/m1/s1. The van der Waals surface area contributed by atoms with Crippen molar-refractivity contribution in [1.82, 2.24) is 0 Å². The van der Waals surface area contributed by atoms with Gasteiger partial charge in [-0.05, 0) is 17.5 Å². The Morgan fingerprint density at radius 1 is 1.17 bits per heavy atom. The lowest BCUT2D eigenvalue weighted by Gasteiger charge is -2.12. The Morgan fingerprint density at radius 3 is 2.61 bits per heavy atom. The molecule has 1 aromatic carbocycles. The highest BCUT2D eigenvalue weighted by Gasteiger charge is 2.43. The monoisotopic (exact) mass is 266 g/mol. The summed E-state index contributed by atoms with van der Waals surface area (Å²) >= 11 is 1.54. The van der Waals surface area contributed by atoms with Crippen molar-refractivity contribution >= 4 is 21.4 Å². The van der Waals surface area contributed by atoms with Crippen LogP contribution >= 0.6 is 11.3 Å². The smallest absolute Gasteiger partial charge is 0.121 e. The van der Waals surface area contributed by atoms with Gasteiger partial charge in [-0.2, -0.15) is 0 Å². The minimum atomic E-state index is -1.04. The SMILES string of the molecule is OC[C@H]1OC(c2cc3ccccc3s2)[C@H](O)[C@@H]1O. The summed E-state index contributed by atoms with van der Waals surface area (Å²) in [5, 5.41) is 29.9. The summed E-state index contributed by atoms with van der Waals surface area (Å²) in [6.45, 7) is -0.292. The summed E-state index contributed by atoms with van der Waals surface area (Å²) in [6.07, 6.45) is -3.30. The van der Waals surface area contributed by atoms with Gasteiger partial charge in [0.15, 0.2) is 0 Å². The molecule has 0 radical (unpaired) electrons. The van der Waals surface area contributed by atoms with Crippen LogP contribution in [0.3, 0.4) is 0 Å². The van der Waals surface area contributed by atoms with Crippen LogP contribution in [-0.4, -0.2) is 40.2 Å². The largest absolute Gasteiger partial charge is 0.394 e. The Morgan fingerprint density at radius 2 is 1.94 bits per heavy atom. The number of ether oxygens (including phenoxy) is 1. The Balaban J connectivity index is 1.95. The third kappa shape index (κ3) is 1.84. The second kappa shape index (κ2) is 4.60. The molecule has 1 fully saturated rings. The molecular formula is C13H14O4S. The molecule has 1 aliphatic rings. The minimum Gasteiger partial charge on any atom is -0.394 e. The van der Waals surface area contributed by atoms with Crippen molar-refractivity contribution in [2.75, 3.05) is 6.61 Å². The van der Waals surface area contributed by atoms with Gasteiger partial charge in [-0.1, -0.05) is 18.2 Å². The van der Waals surface area contributed by atoms with E-state index in [1.54, 1.807) is 0 Å². The molecule has 1 aliphatic heterocycles. The number of hydrogen-bond donors (Lipinski definition) is 3. The molecule has 2 aromatic rings. The van der Waals surface area contributed by atoms with E-state index in [0.29, 0.717) is 0 Å². The summed E-state index contributed by atoms with van der Waals surface area (Å²) in [5.74, 6) is 0. The zero-order valence-electron chi connectivity index (χ0n) is 9.56. The van der Waals surface area contributed by atoms with E-state index in [-0.39, 0.29) is 6.61 Å². The molecule has 0 spiro atoms. The number of thiophene rings is 1. The molecule has 18 heavy (non-hydrogen) atoms. The van der Waals surface area contributed by atoms with Gasteiger partial charge in [0, 0.05) is 9.58 Å². The molecule has 3 rings (SSSR count). The maximum atomic E-state index is 9.96. The van der Waals surface area contributed by atoms with Gasteiger partial charge in [-0.3, -0.25) is 0 Å². The molecule has 0 amide bonds. The molecule has 0 aliphatic carbocycles. The third-order valence-electron chi connectivity index (χ3n) is 3.27. The second-order valence-electron chi connectivity index (χ2n) is 4.45. The van der Waals surface area contributed by atoms with Crippen LogP contribution < -0.4 is 0 Å². The molecule has 4 nitrogen and oxygen atoms in total. The van der Waals surface area contributed by atoms with Gasteiger partial charge in [0.05, 0.1) is 6.61 Å². The van der Waals surface area contributed by atoms with E-state index in [0.717, 1.165) is 15.0 Å². The van der Waals surface area contributed by atoms with Gasteiger partial charge in [-0.15, -0.1) is 11.3 Å². The van der Waals surface area contributed by atoms with Gasteiger partial charge in [0.1, 0.15) is 24.4 Å². The molecule has 1 saturated heterocycles. The fourth-order valence-electron chi connectivity index (χ4n) is 2.28. The van der Waals surface area contributed by atoms with Crippen molar-refractivity contribution in [1.29, 1.82) is 0 Å². The second-order valence-corrected chi connectivity index (χ2v) is 5.56. The van der Waals surface area contributed by atoms with Crippen LogP contribution in [0.15, 0.2) is 30.3 Å². The molecule has 96 valence electrons. The van der Waals surface area contributed by atoms with E-state index >= 15 is 0 Å². The Bertz CT molecular complexity index is 520. The molecule has 1 unspecified atom stereocenters. The zero-order chi connectivity index (χ0) is 12.7. The van der Waals surface area contributed by atoms with Crippen LogP contribution in [0.4, 0.5) is 0 Å². The fourth-order valence-corrected chi connectivity index (χ4v) is 3.42. The maximum Gasteiger partial charge on any atom is 0.121 e. The Hall–Kier alpha value is -0.980. The van der Waals surface area contributed by atoms with Crippen LogP contribution in [0.25, 0.3) is 10.1 Å². The van der Waals surface area contributed by atoms with E-state index in [4.69, 9.17) is 9.84 Å². The number of benzene rings is 1. The zero-order valence-corrected chi connectivity index (χ0v) is 10.4. The Kier molecular flexibility index (Phi) is 3.09. The minimum absolute atomic E-state index is 0.292. The fraction of sp³-hybridized carbons (Fsp3) is 0.385. The molecule has 4 atom stereocenters. The van der Waals surface area contributed by atoms with Crippen molar-refractivity contribution in [2.45, 2.75) is 24.4 Å². The van der Waals surface area contributed by atoms with Crippen molar-refractivity contribution in [3.05, 3.63) is 35.2 Å². The topological polar surface area (TPSA) is 69.9 Å². The first-order valence-electron chi connectivity index (χ1n) is 5.81. The number of fused-ring (bicyclic) bond motifs is 1. The molecule has 1 aromatic heterocycles. The maximum absolute atomic E-state index is 9.96. The van der Waals surface area contributed by atoms with Gasteiger partial charge in [-0.25, -0.2) is 0 Å².